The summed E-state index contributed by atoms with van der Waals surface area (Å²) in [5.74, 6) is -2.53. The van der Waals surface area contributed by atoms with Crippen LogP contribution in [0.5, 0.6) is 0 Å². The maximum Gasteiger partial charge on any atom is 0.407 e. The van der Waals surface area contributed by atoms with E-state index in [0.717, 1.165) is 49.6 Å². The molecule has 10 rings (SSSR count). The number of amides is 4. The Hall–Kier alpha value is -6.32. The maximum atomic E-state index is 16.7. The number of H-pyrrole nitrogens is 2. The van der Waals surface area contributed by atoms with Crippen LogP contribution >= 0.6 is 0 Å². The molecule has 14 nitrogen and oxygen atoms in total. The van der Waals surface area contributed by atoms with Crippen LogP contribution in [0.2, 0.25) is 0 Å². The number of imidazole rings is 2. The van der Waals surface area contributed by atoms with Crippen molar-refractivity contribution in [2.24, 2.45) is 23.2 Å². The van der Waals surface area contributed by atoms with E-state index in [1.807, 2.05) is 62.9 Å². The quantitative estimate of drug-likeness (QED) is 0.108. The molecule has 2 saturated heterocycles. The first kappa shape index (κ1) is 42.6. The fraction of sp³-hybridized carbons (Fsp3) is 0.469. The smallest absolute Gasteiger partial charge is 0.407 e. The molecule has 1 spiro atoms. The Labute approximate surface area is 375 Å². The fourth-order valence-electron chi connectivity index (χ4n) is 11.0. The van der Waals surface area contributed by atoms with Crippen LogP contribution in [0, 0.1) is 23.2 Å². The van der Waals surface area contributed by atoms with E-state index < -0.39 is 30.2 Å². The van der Waals surface area contributed by atoms with Crippen molar-refractivity contribution in [1.82, 2.24) is 40.4 Å². The molecule has 4 amide bonds. The molecule has 4 N–H and O–H groups in total. The molecule has 2 saturated carbocycles. The Morgan fingerprint density at radius 3 is 2.05 bits per heavy atom. The minimum Gasteiger partial charge on any atom is -0.453 e. The highest BCUT2D eigenvalue weighted by Gasteiger charge is 2.56. The second-order valence-corrected chi connectivity index (χ2v) is 19.4. The van der Waals surface area contributed by atoms with Crippen molar-refractivity contribution < 1.29 is 37.4 Å². The Balaban J connectivity index is 0.896. The van der Waals surface area contributed by atoms with Crippen molar-refractivity contribution in [2.45, 2.75) is 102 Å². The summed E-state index contributed by atoms with van der Waals surface area (Å²) in [5, 5.41) is 5.43. The molecule has 2 bridgehead atoms. The number of ether oxygens (including phenoxy) is 2. The van der Waals surface area contributed by atoms with Gasteiger partial charge in [-0.2, -0.15) is 8.78 Å². The number of carbonyl (C=O) groups is 4. The van der Waals surface area contributed by atoms with Crippen molar-refractivity contribution in [3.8, 4) is 33.5 Å². The van der Waals surface area contributed by atoms with Crippen LogP contribution in [-0.2, 0) is 25.0 Å². The molecule has 3 aromatic carbocycles. The molecular weight excluding hydrogens is 835 g/mol. The van der Waals surface area contributed by atoms with E-state index in [2.05, 4.69) is 20.6 Å². The van der Waals surface area contributed by atoms with E-state index in [1.54, 1.807) is 29.3 Å². The lowest BCUT2D eigenvalue weighted by Crippen LogP contribution is -2.54. The number of rotatable bonds is 10. The van der Waals surface area contributed by atoms with E-state index in [1.165, 1.54) is 20.3 Å². The van der Waals surface area contributed by atoms with Crippen LogP contribution in [0.1, 0.15) is 101 Å². The van der Waals surface area contributed by atoms with E-state index >= 15 is 8.78 Å². The summed E-state index contributed by atoms with van der Waals surface area (Å²) >= 11 is 0. The summed E-state index contributed by atoms with van der Waals surface area (Å²) in [4.78, 5) is 72.6. The maximum absolute atomic E-state index is 16.7. The molecule has 2 aliphatic heterocycles. The summed E-state index contributed by atoms with van der Waals surface area (Å²) in [6.07, 6.45) is 5.75. The van der Waals surface area contributed by atoms with Crippen molar-refractivity contribution in [1.29, 1.82) is 0 Å². The third kappa shape index (κ3) is 7.19. The second-order valence-electron chi connectivity index (χ2n) is 19.4. The van der Waals surface area contributed by atoms with E-state index in [0.29, 0.717) is 51.7 Å². The Morgan fingerprint density at radius 1 is 0.785 bits per heavy atom. The number of hydrogen-bond donors (Lipinski definition) is 4. The molecule has 4 heterocycles. The highest BCUT2D eigenvalue weighted by molar-refractivity contribution is 5.89. The van der Waals surface area contributed by atoms with Crippen LogP contribution in [0.15, 0.2) is 60.8 Å². The number of nitrogens with zero attached hydrogens (tertiary/aromatic N) is 4. The van der Waals surface area contributed by atoms with Crippen LogP contribution in [0.4, 0.5) is 18.4 Å². The molecule has 4 fully saturated rings. The van der Waals surface area contributed by atoms with Gasteiger partial charge in [-0.15, -0.1) is 0 Å². The molecule has 5 unspecified atom stereocenters. The number of aromatic nitrogens is 4. The van der Waals surface area contributed by atoms with E-state index in [4.69, 9.17) is 19.4 Å². The fourth-order valence-corrected chi connectivity index (χ4v) is 11.0. The third-order valence-electron chi connectivity index (χ3n) is 14.7. The molecule has 340 valence electrons. The number of hydrogen-bond acceptors (Lipinski definition) is 8. The predicted molar refractivity (Wildman–Crippen MR) is 237 cm³/mol. The van der Waals surface area contributed by atoms with Crippen LogP contribution < -0.4 is 10.6 Å². The van der Waals surface area contributed by atoms with Gasteiger partial charge in [0.1, 0.15) is 23.7 Å². The van der Waals surface area contributed by atoms with Gasteiger partial charge in [0.05, 0.1) is 49.2 Å². The summed E-state index contributed by atoms with van der Waals surface area (Å²) in [5.41, 5.74) is 4.68. The first-order valence-electron chi connectivity index (χ1n) is 22.6. The minimum atomic E-state index is -3.29. The predicted octanol–water partition coefficient (Wildman–Crippen LogP) is 8.61. The summed E-state index contributed by atoms with van der Waals surface area (Å²) in [6, 6.07) is 13.8. The molecular formula is C49H54F2N8O6. The average molecular weight is 889 g/mol. The SMILES string of the molecule is COC(=O)NC(C(=O)N1C2CCC(C2)C1c1nc2ccc(-c3ccc4c(c3)C(F)(F)c3cc(-c5cnc(C6CC7(CC7)CN6C(=O)[C@@H](NC(=O)OC)C(C)C)[nH]5)ccc3-4)cc2[nH]1)C(C)C. The number of carbonyl (C=O) groups excluding carboxylic acids is 4. The second kappa shape index (κ2) is 15.7. The molecule has 16 heteroatoms. The van der Waals surface area contributed by atoms with Crippen molar-refractivity contribution >= 4 is 35.0 Å². The first-order valence-corrected chi connectivity index (χ1v) is 22.6. The number of nitrogens with one attached hydrogen (secondary N) is 4. The van der Waals surface area contributed by atoms with Gasteiger partial charge in [-0.25, -0.2) is 19.6 Å². The number of piperidine rings is 1. The summed E-state index contributed by atoms with van der Waals surface area (Å²) in [7, 11) is 2.54. The van der Waals surface area contributed by atoms with Gasteiger partial charge in [0.25, 0.3) is 5.92 Å². The summed E-state index contributed by atoms with van der Waals surface area (Å²) in [6.45, 7) is 8.09. The van der Waals surface area contributed by atoms with Gasteiger partial charge in [0.2, 0.25) is 11.8 Å². The Bertz CT molecular complexity index is 2740. The first-order chi connectivity index (χ1) is 31.1. The third-order valence-corrected chi connectivity index (χ3v) is 14.7. The highest BCUT2D eigenvalue weighted by atomic mass is 19.3. The Kier molecular flexibility index (Phi) is 10.3. The number of aromatic amines is 2. The Morgan fingerprint density at radius 2 is 1.40 bits per heavy atom. The number of alkyl halides is 2. The van der Waals surface area contributed by atoms with Crippen molar-refractivity contribution in [2.75, 3.05) is 20.8 Å². The number of likely N-dealkylation sites (tertiary alicyclic amines) is 2. The van der Waals surface area contributed by atoms with Gasteiger partial charge < -0.3 is 39.9 Å². The zero-order valence-electron chi connectivity index (χ0n) is 37.3. The lowest BCUT2D eigenvalue weighted by molar-refractivity contribution is -0.139. The zero-order valence-corrected chi connectivity index (χ0v) is 37.3. The number of methoxy groups -OCH3 is 2. The van der Waals surface area contributed by atoms with Crippen molar-refractivity contribution in [3.63, 3.8) is 0 Å². The molecule has 6 atom stereocenters. The normalized spacial score (nSPS) is 22.9. The molecule has 3 aliphatic carbocycles. The van der Waals surface area contributed by atoms with Gasteiger partial charge in [0.15, 0.2) is 0 Å². The van der Waals surface area contributed by atoms with Gasteiger partial charge >= 0.3 is 12.2 Å². The highest BCUT2D eigenvalue weighted by Crippen LogP contribution is 2.59. The van der Waals surface area contributed by atoms with Gasteiger partial charge in [-0.05, 0) is 108 Å². The van der Waals surface area contributed by atoms with Gasteiger partial charge in [-0.1, -0.05) is 58.0 Å². The van der Waals surface area contributed by atoms with Crippen LogP contribution in [0.3, 0.4) is 0 Å². The number of alkyl carbamates (subject to hydrolysis) is 2. The zero-order chi connectivity index (χ0) is 45.7. The van der Waals surface area contributed by atoms with E-state index in [-0.39, 0.29) is 64.2 Å². The lowest BCUT2D eigenvalue weighted by Gasteiger charge is -2.37. The van der Waals surface area contributed by atoms with E-state index in [9.17, 15) is 19.2 Å². The molecule has 2 aromatic heterocycles. The average Bonchev–Trinajstić information content (AvgIpc) is 3.95. The molecule has 65 heavy (non-hydrogen) atoms. The molecule has 0 radical (unpaired) electrons. The number of fused-ring (bicyclic) bond motifs is 6. The minimum absolute atomic E-state index is 0.0102. The largest absolute Gasteiger partial charge is 0.453 e. The van der Waals surface area contributed by atoms with Crippen LogP contribution in [0.25, 0.3) is 44.5 Å². The number of halogens is 2. The lowest BCUT2D eigenvalue weighted by atomic mass is 9.95. The molecule has 5 aliphatic rings. The molecule has 5 aromatic rings. The van der Waals surface area contributed by atoms with Gasteiger partial charge in [0, 0.05) is 29.3 Å². The van der Waals surface area contributed by atoms with Crippen LogP contribution in [-0.4, -0.2) is 92.6 Å². The van der Waals surface area contributed by atoms with Gasteiger partial charge in [-0.3, -0.25) is 9.59 Å². The topological polar surface area (TPSA) is 175 Å². The number of benzene rings is 3. The summed E-state index contributed by atoms with van der Waals surface area (Å²) < 4.78 is 43.0. The van der Waals surface area contributed by atoms with Crippen molar-refractivity contribution in [3.05, 3.63) is 83.6 Å². The monoisotopic (exact) mass is 888 g/mol. The standard InChI is InChI=1S/C49H54F2N8O6/c1-24(2)39(56-46(62)64-5)44(60)58-23-48(15-16-48)21-38(58)42-52-22-37(55-42)28-9-13-32-31-12-8-26(18-33(31)49(50,51)34(32)19-28)27-10-14-35-36(20-27)54-43(53-35)41-29-7-11-30(17-29)59(41)45(61)40(25(3)4)57-47(63)65-6/h8-10,12-14,18-20,22,24-25,29-30,38-41H,7,11,15-17,21,23H2,1-6H3,(H,52,55)(H,53,54)(H,56,62)(H,57,63)/t29?,30?,38?,39-,40?,41?/m0/s1.